The average Bonchev–Trinajstić information content (AvgIpc) is 3.18. The summed E-state index contributed by atoms with van der Waals surface area (Å²) in [5.41, 5.74) is 0.0349. The highest BCUT2D eigenvalue weighted by molar-refractivity contribution is 5.85. The molecule has 2 N–H and O–H groups in total. The van der Waals surface area contributed by atoms with E-state index in [1.807, 2.05) is 4.90 Å². The second kappa shape index (κ2) is 6.34. The fourth-order valence-corrected chi connectivity index (χ4v) is 3.38. The van der Waals surface area contributed by atoms with Crippen molar-refractivity contribution in [2.45, 2.75) is 38.1 Å². The van der Waals surface area contributed by atoms with E-state index in [0.717, 1.165) is 45.2 Å². The topological polar surface area (TPSA) is 82.5 Å². The summed E-state index contributed by atoms with van der Waals surface area (Å²) < 4.78 is 0. The summed E-state index contributed by atoms with van der Waals surface area (Å²) in [5.74, 6) is -0.0800. The maximum Gasteiger partial charge on any atom is 0.354 e. The van der Waals surface area contributed by atoms with Crippen LogP contribution < -0.4 is 5.32 Å². The third-order valence-electron chi connectivity index (χ3n) is 4.52. The van der Waals surface area contributed by atoms with Crippen molar-refractivity contribution in [3.05, 3.63) is 23.9 Å². The molecule has 2 heterocycles. The quantitative estimate of drug-likeness (QED) is 0.889. The van der Waals surface area contributed by atoms with Crippen molar-refractivity contribution >= 4 is 17.7 Å². The molecule has 0 spiro atoms. The number of hydrogen-bond acceptors (Lipinski definition) is 4. The lowest BCUT2D eigenvalue weighted by atomic mass is 10.1. The van der Waals surface area contributed by atoms with Crippen LogP contribution in [-0.4, -0.2) is 46.0 Å². The Morgan fingerprint density at radius 2 is 2.00 bits per heavy atom. The lowest BCUT2D eigenvalue weighted by Crippen LogP contribution is -2.33. The van der Waals surface area contributed by atoms with Gasteiger partial charge in [0.15, 0.2) is 5.69 Å². The molecule has 22 heavy (non-hydrogen) atoms. The summed E-state index contributed by atoms with van der Waals surface area (Å²) in [5, 5.41) is 12.2. The van der Waals surface area contributed by atoms with Crippen molar-refractivity contribution in [1.29, 1.82) is 0 Å². The van der Waals surface area contributed by atoms with E-state index in [2.05, 4.69) is 10.3 Å². The fraction of sp³-hybridized carbons (Fsp3) is 0.562. The summed E-state index contributed by atoms with van der Waals surface area (Å²) in [6, 6.07) is 5.11. The highest BCUT2D eigenvalue weighted by atomic mass is 16.4. The lowest BCUT2D eigenvalue weighted by Gasteiger charge is -2.20. The number of hydrogen-bond donors (Lipinski definition) is 2. The molecule has 1 aliphatic carbocycles. The molecule has 2 atom stereocenters. The summed E-state index contributed by atoms with van der Waals surface area (Å²) in [4.78, 5) is 29.4. The van der Waals surface area contributed by atoms with E-state index in [-0.39, 0.29) is 23.6 Å². The Hall–Kier alpha value is -2.11. The van der Waals surface area contributed by atoms with Crippen molar-refractivity contribution in [3.63, 3.8) is 0 Å². The van der Waals surface area contributed by atoms with E-state index in [1.165, 1.54) is 6.07 Å². The zero-order valence-corrected chi connectivity index (χ0v) is 12.5. The molecule has 2 aliphatic rings. The fourth-order valence-electron chi connectivity index (χ4n) is 3.38. The predicted molar refractivity (Wildman–Crippen MR) is 81.8 cm³/mol. The van der Waals surface area contributed by atoms with E-state index in [1.54, 1.807) is 12.1 Å². The molecule has 1 saturated carbocycles. The van der Waals surface area contributed by atoms with Gasteiger partial charge in [0.05, 0.1) is 0 Å². The van der Waals surface area contributed by atoms with Crippen LogP contribution in [-0.2, 0) is 4.79 Å². The Morgan fingerprint density at radius 3 is 2.73 bits per heavy atom. The highest BCUT2D eigenvalue weighted by Crippen LogP contribution is 2.30. The number of carboxylic acid groups (broad SMARTS) is 1. The molecule has 1 aromatic rings. The number of carboxylic acids is 1. The van der Waals surface area contributed by atoms with Crippen molar-refractivity contribution in [2.75, 3.05) is 18.4 Å². The Bertz CT molecular complexity index is 570. The lowest BCUT2D eigenvalue weighted by molar-refractivity contribution is -0.134. The van der Waals surface area contributed by atoms with Crippen LogP contribution in [0, 0.1) is 5.92 Å². The first-order valence-corrected chi connectivity index (χ1v) is 7.89. The number of likely N-dealkylation sites (tertiary alicyclic amines) is 1. The molecule has 1 aromatic heterocycles. The molecule has 6 nitrogen and oxygen atoms in total. The van der Waals surface area contributed by atoms with Gasteiger partial charge in [0, 0.05) is 25.0 Å². The van der Waals surface area contributed by atoms with Crippen LogP contribution in [0.25, 0.3) is 0 Å². The number of nitrogens with one attached hydrogen (secondary N) is 1. The standard InChI is InChI=1S/C16H21N3O3/c20-15(19-8-1-2-9-19)11-6-7-12(10-11)17-14-5-3-4-13(18-14)16(21)22/h3-5,11-12H,1-2,6-10H2,(H,17,18)(H,21,22)/t11-,12+/m1/s1. The Labute approximate surface area is 129 Å². The molecule has 0 aromatic carbocycles. The molecular weight excluding hydrogens is 282 g/mol. The van der Waals surface area contributed by atoms with Gasteiger partial charge in [-0.2, -0.15) is 0 Å². The number of rotatable bonds is 4. The largest absolute Gasteiger partial charge is 0.477 e. The monoisotopic (exact) mass is 303 g/mol. The van der Waals surface area contributed by atoms with Gasteiger partial charge in [-0.3, -0.25) is 4.79 Å². The maximum atomic E-state index is 12.4. The third kappa shape index (κ3) is 3.21. The molecule has 0 radical (unpaired) electrons. The zero-order chi connectivity index (χ0) is 15.5. The molecule has 1 aliphatic heterocycles. The van der Waals surface area contributed by atoms with Crippen LogP contribution in [0.15, 0.2) is 18.2 Å². The maximum absolute atomic E-state index is 12.4. The van der Waals surface area contributed by atoms with Gasteiger partial charge in [-0.25, -0.2) is 9.78 Å². The van der Waals surface area contributed by atoms with Crippen LogP contribution in [0.2, 0.25) is 0 Å². The normalized spacial score (nSPS) is 24.5. The molecule has 2 fully saturated rings. The molecule has 6 heteroatoms. The number of pyridine rings is 1. The van der Waals surface area contributed by atoms with Gasteiger partial charge in [-0.1, -0.05) is 6.07 Å². The van der Waals surface area contributed by atoms with Crippen molar-refractivity contribution in [2.24, 2.45) is 5.92 Å². The van der Waals surface area contributed by atoms with Crippen LogP contribution in [0.4, 0.5) is 5.82 Å². The molecule has 1 saturated heterocycles. The minimum absolute atomic E-state index is 0.0349. The summed E-state index contributed by atoms with van der Waals surface area (Å²) in [6.45, 7) is 1.80. The SMILES string of the molecule is O=C(O)c1cccc(N[C@H]2CC[C@@H](C(=O)N3CCCC3)C2)n1. The van der Waals surface area contributed by atoms with Gasteiger partial charge in [-0.05, 0) is 44.2 Å². The minimum atomic E-state index is -1.03. The molecule has 0 unspecified atom stereocenters. The minimum Gasteiger partial charge on any atom is -0.477 e. The van der Waals surface area contributed by atoms with Gasteiger partial charge in [0.2, 0.25) is 5.91 Å². The van der Waals surface area contributed by atoms with Crippen molar-refractivity contribution in [1.82, 2.24) is 9.88 Å². The number of carbonyl (C=O) groups excluding carboxylic acids is 1. The average molecular weight is 303 g/mol. The first-order chi connectivity index (χ1) is 10.6. The molecule has 3 rings (SSSR count). The number of aromatic carboxylic acids is 1. The first-order valence-electron chi connectivity index (χ1n) is 7.89. The smallest absolute Gasteiger partial charge is 0.354 e. The van der Waals surface area contributed by atoms with Crippen LogP contribution in [0.3, 0.4) is 0 Å². The molecule has 1 amide bonds. The van der Waals surface area contributed by atoms with Crippen molar-refractivity contribution < 1.29 is 14.7 Å². The van der Waals surface area contributed by atoms with Gasteiger partial charge in [0.25, 0.3) is 0 Å². The van der Waals surface area contributed by atoms with Gasteiger partial charge >= 0.3 is 5.97 Å². The first kappa shape index (κ1) is 14.8. The van der Waals surface area contributed by atoms with Gasteiger partial charge < -0.3 is 15.3 Å². The zero-order valence-electron chi connectivity index (χ0n) is 12.5. The Kier molecular flexibility index (Phi) is 4.27. The second-order valence-electron chi connectivity index (χ2n) is 6.10. The molecule has 118 valence electrons. The Balaban J connectivity index is 1.57. The summed E-state index contributed by atoms with van der Waals surface area (Å²) >= 11 is 0. The van der Waals surface area contributed by atoms with E-state index in [0.29, 0.717) is 5.82 Å². The van der Waals surface area contributed by atoms with Crippen molar-refractivity contribution in [3.8, 4) is 0 Å². The van der Waals surface area contributed by atoms with Crippen LogP contribution in [0.1, 0.15) is 42.6 Å². The van der Waals surface area contributed by atoms with Gasteiger partial charge in [0.1, 0.15) is 5.82 Å². The van der Waals surface area contributed by atoms with E-state index >= 15 is 0 Å². The third-order valence-corrected chi connectivity index (χ3v) is 4.52. The second-order valence-corrected chi connectivity index (χ2v) is 6.10. The van der Waals surface area contributed by atoms with E-state index in [9.17, 15) is 9.59 Å². The van der Waals surface area contributed by atoms with E-state index < -0.39 is 5.97 Å². The van der Waals surface area contributed by atoms with Crippen LogP contribution >= 0.6 is 0 Å². The van der Waals surface area contributed by atoms with Crippen LogP contribution in [0.5, 0.6) is 0 Å². The molecular formula is C16H21N3O3. The number of amides is 1. The number of aromatic nitrogens is 1. The highest BCUT2D eigenvalue weighted by Gasteiger charge is 2.33. The number of nitrogens with zero attached hydrogens (tertiary/aromatic N) is 2. The predicted octanol–water partition coefficient (Wildman–Crippen LogP) is 1.98. The van der Waals surface area contributed by atoms with Gasteiger partial charge in [-0.15, -0.1) is 0 Å². The van der Waals surface area contributed by atoms with E-state index in [4.69, 9.17) is 5.11 Å². The summed E-state index contributed by atoms with van der Waals surface area (Å²) in [6.07, 6.45) is 4.85. The Morgan fingerprint density at radius 1 is 1.23 bits per heavy atom. The molecule has 0 bridgehead atoms. The number of carbonyl (C=O) groups is 2. The summed E-state index contributed by atoms with van der Waals surface area (Å²) in [7, 11) is 0. The number of anilines is 1.